The van der Waals surface area contributed by atoms with E-state index in [1.165, 1.54) is 5.56 Å². The van der Waals surface area contributed by atoms with E-state index in [9.17, 15) is 0 Å². The van der Waals surface area contributed by atoms with Crippen molar-refractivity contribution in [3.63, 3.8) is 0 Å². The first-order chi connectivity index (χ1) is 9.20. The second-order valence-corrected chi connectivity index (χ2v) is 5.50. The van der Waals surface area contributed by atoms with Gasteiger partial charge in [0.05, 0.1) is 12.1 Å². The van der Waals surface area contributed by atoms with E-state index in [1.807, 2.05) is 12.1 Å². The first kappa shape index (κ1) is 14.6. The monoisotopic (exact) mass is 283 g/mol. The van der Waals surface area contributed by atoms with Crippen molar-refractivity contribution in [2.24, 2.45) is 5.92 Å². The number of hydrogen-bond donors (Lipinski definition) is 1. The van der Waals surface area contributed by atoms with Crippen molar-refractivity contribution in [2.45, 2.75) is 32.4 Å². The number of rotatable bonds is 5. The van der Waals surface area contributed by atoms with Crippen molar-refractivity contribution in [3.8, 4) is 5.75 Å². The number of benzene rings is 1. The predicted molar refractivity (Wildman–Crippen MR) is 77.8 cm³/mol. The third-order valence-corrected chi connectivity index (χ3v) is 4.11. The highest BCUT2D eigenvalue weighted by atomic mass is 35.5. The lowest BCUT2D eigenvalue weighted by Gasteiger charge is -2.28. The number of ether oxygens (including phenoxy) is 2. The van der Waals surface area contributed by atoms with E-state index in [-0.39, 0.29) is 0 Å². The molecule has 1 aliphatic rings. The molecule has 106 valence electrons. The van der Waals surface area contributed by atoms with E-state index >= 15 is 0 Å². The van der Waals surface area contributed by atoms with Gasteiger partial charge in [0.1, 0.15) is 5.75 Å². The van der Waals surface area contributed by atoms with Crippen LogP contribution < -0.4 is 10.1 Å². The van der Waals surface area contributed by atoms with Crippen LogP contribution in [0, 0.1) is 5.92 Å². The Morgan fingerprint density at radius 2 is 2.16 bits per heavy atom. The van der Waals surface area contributed by atoms with Crippen molar-refractivity contribution in [1.82, 2.24) is 5.32 Å². The molecule has 1 heterocycles. The summed E-state index contributed by atoms with van der Waals surface area (Å²) in [6.07, 6.45) is 2.30. The van der Waals surface area contributed by atoms with Crippen LogP contribution in [0.2, 0.25) is 5.02 Å². The maximum atomic E-state index is 6.12. The minimum absolute atomic E-state index is 0.504. The molecule has 0 aliphatic carbocycles. The van der Waals surface area contributed by atoms with Crippen LogP contribution in [0.3, 0.4) is 0 Å². The van der Waals surface area contributed by atoms with Crippen LogP contribution in [0.1, 0.15) is 25.3 Å². The molecule has 1 aliphatic heterocycles. The molecule has 1 aromatic rings. The lowest BCUT2D eigenvalue weighted by atomic mass is 9.93. The van der Waals surface area contributed by atoms with Crippen molar-refractivity contribution in [1.29, 1.82) is 0 Å². The normalized spacial score (nSPS) is 18.3. The first-order valence-corrected chi connectivity index (χ1v) is 7.22. The Morgan fingerprint density at radius 1 is 1.42 bits per heavy atom. The smallest absolute Gasteiger partial charge is 0.137 e. The minimum atomic E-state index is 0.504. The maximum absolute atomic E-state index is 6.12. The molecule has 1 atom stereocenters. The molecule has 0 amide bonds. The Balaban J connectivity index is 1.85. The van der Waals surface area contributed by atoms with Gasteiger partial charge in [0, 0.05) is 25.8 Å². The van der Waals surface area contributed by atoms with Gasteiger partial charge in [-0.2, -0.15) is 0 Å². The topological polar surface area (TPSA) is 30.5 Å². The molecule has 1 unspecified atom stereocenters. The van der Waals surface area contributed by atoms with Gasteiger partial charge >= 0.3 is 0 Å². The molecular formula is C15H22ClNO2. The molecule has 19 heavy (non-hydrogen) atoms. The van der Waals surface area contributed by atoms with E-state index in [0.717, 1.165) is 38.3 Å². The summed E-state index contributed by atoms with van der Waals surface area (Å²) in [7, 11) is 1.63. The standard InChI is InChI=1S/C15H22ClNO2/c1-11(13-5-7-19-8-6-13)17-10-12-3-4-15(18-2)14(16)9-12/h3-4,9,11,13,17H,5-8,10H2,1-2H3. The zero-order valence-corrected chi connectivity index (χ0v) is 12.4. The van der Waals surface area contributed by atoms with E-state index in [2.05, 4.69) is 18.3 Å². The van der Waals surface area contributed by atoms with E-state index < -0.39 is 0 Å². The molecule has 0 spiro atoms. The fourth-order valence-corrected chi connectivity index (χ4v) is 2.76. The molecule has 2 rings (SSSR count). The number of hydrogen-bond acceptors (Lipinski definition) is 3. The quantitative estimate of drug-likeness (QED) is 0.900. The lowest BCUT2D eigenvalue weighted by Crippen LogP contribution is -2.36. The summed E-state index contributed by atoms with van der Waals surface area (Å²) in [5.74, 6) is 1.44. The summed E-state index contributed by atoms with van der Waals surface area (Å²) in [6.45, 7) is 4.87. The molecule has 1 N–H and O–H groups in total. The van der Waals surface area contributed by atoms with Crippen LogP contribution >= 0.6 is 11.6 Å². The molecule has 0 aromatic heterocycles. The Kier molecular flexibility index (Phi) is 5.49. The highest BCUT2D eigenvalue weighted by Crippen LogP contribution is 2.25. The van der Waals surface area contributed by atoms with Crippen LogP contribution in [0.5, 0.6) is 5.75 Å². The number of methoxy groups -OCH3 is 1. The molecular weight excluding hydrogens is 262 g/mol. The van der Waals surface area contributed by atoms with Crippen LogP contribution in [-0.2, 0) is 11.3 Å². The summed E-state index contributed by atoms with van der Waals surface area (Å²) >= 11 is 6.12. The number of halogens is 1. The van der Waals surface area contributed by atoms with Crippen LogP contribution in [-0.4, -0.2) is 26.4 Å². The summed E-state index contributed by atoms with van der Waals surface area (Å²) in [4.78, 5) is 0. The summed E-state index contributed by atoms with van der Waals surface area (Å²) < 4.78 is 10.5. The van der Waals surface area contributed by atoms with Crippen molar-refractivity contribution >= 4 is 11.6 Å². The Hall–Kier alpha value is -0.770. The second kappa shape index (κ2) is 7.13. The second-order valence-electron chi connectivity index (χ2n) is 5.09. The van der Waals surface area contributed by atoms with Gasteiger partial charge < -0.3 is 14.8 Å². The SMILES string of the molecule is COc1ccc(CNC(C)C2CCOCC2)cc1Cl. The first-order valence-electron chi connectivity index (χ1n) is 6.84. The van der Waals surface area contributed by atoms with Gasteiger partial charge in [-0.15, -0.1) is 0 Å². The van der Waals surface area contributed by atoms with Gasteiger partial charge in [0.25, 0.3) is 0 Å². The fourth-order valence-electron chi connectivity index (χ4n) is 2.48. The Bertz CT molecular complexity index is 405. The maximum Gasteiger partial charge on any atom is 0.137 e. The molecule has 0 radical (unpaired) electrons. The summed E-state index contributed by atoms with van der Waals surface area (Å²) in [5, 5.41) is 4.25. The highest BCUT2D eigenvalue weighted by Gasteiger charge is 2.19. The van der Waals surface area contributed by atoms with Gasteiger partial charge in [-0.25, -0.2) is 0 Å². The zero-order chi connectivity index (χ0) is 13.7. The van der Waals surface area contributed by atoms with E-state index in [4.69, 9.17) is 21.1 Å². The summed E-state index contributed by atoms with van der Waals surface area (Å²) in [6, 6.07) is 6.43. The van der Waals surface area contributed by atoms with Gasteiger partial charge in [-0.1, -0.05) is 17.7 Å². The van der Waals surface area contributed by atoms with Crippen molar-refractivity contribution in [3.05, 3.63) is 28.8 Å². The number of nitrogens with one attached hydrogen (secondary N) is 1. The molecule has 1 aromatic carbocycles. The molecule has 0 saturated carbocycles. The molecule has 0 bridgehead atoms. The van der Waals surface area contributed by atoms with Crippen LogP contribution in [0.4, 0.5) is 0 Å². The Labute approximate surface area is 120 Å². The fraction of sp³-hybridized carbons (Fsp3) is 0.600. The largest absolute Gasteiger partial charge is 0.495 e. The minimum Gasteiger partial charge on any atom is -0.495 e. The van der Waals surface area contributed by atoms with Gasteiger partial charge in [-0.05, 0) is 43.4 Å². The van der Waals surface area contributed by atoms with Crippen LogP contribution in [0.25, 0.3) is 0 Å². The zero-order valence-electron chi connectivity index (χ0n) is 11.6. The average Bonchev–Trinajstić information content (AvgIpc) is 2.46. The third kappa shape index (κ3) is 4.10. The summed E-state index contributed by atoms with van der Waals surface area (Å²) in [5.41, 5.74) is 1.18. The van der Waals surface area contributed by atoms with E-state index in [0.29, 0.717) is 17.0 Å². The lowest BCUT2D eigenvalue weighted by molar-refractivity contribution is 0.0558. The third-order valence-electron chi connectivity index (χ3n) is 3.82. The Morgan fingerprint density at radius 3 is 2.79 bits per heavy atom. The van der Waals surface area contributed by atoms with Gasteiger partial charge in [0.15, 0.2) is 0 Å². The van der Waals surface area contributed by atoms with Gasteiger partial charge in [0.2, 0.25) is 0 Å². The molecule has 3 nitrogen and oxygen atoms in total. The molecule has 1 saturated heterocycles. The van der Waals surface area contributed by atoms with Crippen molar-refractivity contribution in [2.75, 3.05) is 20.3 Å². The predicted octanol–water partition coefficient (Wildman–Crippen LogP) is 3.25. The van der Waals surface area contributed by atoms with Gasteiger partial charge in [-0.3, -0.25) is 0 Å². The van der Waals surface area contributed by atoms with E-state index in [1.54, 1.807) is 7.11 Å². The highest BCUT2D eigenvalue weighted by molar-refractivity contribution is 6.32. The average molecular weight is 284 g/mol. The van der Waals surface area contributed by atoms with Crippen LogP contribution in [0.15, 0.2) is 18.2 Å². The molecule has 1 fully saturated rings. The van der Waals surface area contributed by atoms with Crippen molar-refractivity contribution < 1.29 is 9.47 Å². The molecule has 4 heteroatoms.